The highest BCUT2D eigenvalue weighted by Gasteiger charge is 2.37. The smallest absolute Gasteiger partial charge is 0.0204 e. The average molecular weight is 597 g/mol. The molecule has 0 aromatic carbocycles. The van der Waals surface area contributed by atoms with Crippen LogP contribution in [0.4, 0.5) is 0 Å². The molecule has 228 valence electrons. The Balaban J connectivity index is 0.000000176. The van der Waals surface area contributed by atoms with Gasteiger partial charge >= 0.3 is 0 Å². The summed E-state index contributed by atoms with van der Waals surface area (Å²) >= 11 is 0. The van der Waals surface area contributed by atoms with E-state index in [1.807, 2.05) is 0 Å². The molecule has 6 aliphatic carbocycles. The number of halogens is 1. The minimum atomic E-state index is 0. The predicted molar refractivity (Wildman–Crippen MR) is 182 cm³/mol. The molecular weight excluding hydrogens is 530 g/mol. The van der Waals surface area contributed by atoms with Gasteiger partial charge in [0, 0.05) is 0 Å². The first-order chi connectivity index (χ1) is 18.9. The molecule has 0 atom stereocenters. The van der Waals surface area contributed by atoms with Crippen LogP contribution >= 0.6 is 28.3 Å². The second-order valence-corrected chi connectivity index (χ2v) is 20.8. The van der Waals surface area contributed by atoms with Gasteiger partial charge < -0.3 is 0 Å². The minimum absolute atomic E-state index is 0. The lowest BCUT2D eigenvalue weighted by Gasteiger charge is -2.44. The van der Waals surface area contributed by atoms with Crippen molar-refractivity contribution in [3.63, 3.8) is 0 Å². The van der Waals surface area contributed by atoms with Gasteiger partial charge in [-0.2, -0.15) is 0 Å². The molecule has 0 bridgehead atoms. The van der Waals surface area contributed by atoms with E-state index in [-0.39, 0.29) is 12.4 Å². The standard InChI is InChI=1S/2C18H33P.ClH/c2*1-4-10-16(11-5-1)19(17-12-6-2-7-13-17)18-14-8-3-9-15-18;/h2*16-18H,1-15H2;1H. The van der Waals surface area contributed by atoms with Gasteiger partial charge in [-0.05, 0) is 111 Å². The Kier molecular flexibility index (Phi) is 15.9. The molecule has 3 heteroatoms. The zero-order valence-corrected chi connectivity index (χ0v) is 28.6. The van der Waals surface area contributed by atoms with Gasteiger partial charge in [0.1, 0.15) is 0 Å². The Morgan fingerprint density at radius 3 is 0.462 bits per heavy atom. The van der Waals surface area contributed by atoms with E-state index in [1.54, 1.807) is 154 Å². The molecule has 6 saturated carbocycles. The summed E-state index contributed by atoms with van der Waals surface area (Å²) in [6, 6.07) is 0. The Hall–Kier alpha value is 1.15. The third kappa shape index (κ3) is 10.1. The molecule has 0 radical (unpaired) electrons. The lowest BCUT2D eigenvalue weighted by Crippen LogP contribution is -2.28. The maximum atomic E-state index is 1.61. The van der Waals surface area contributed by atoms with Crippen molar-refractivity contribution in [1.29, 1.82) is 0 Å². The number of hydrogen-bond donors (Lipinski definition) is 0. The van der Waals surface area contributed by atoms with Crippen LogP contribution in [0, 0.1) is 0 Å². The largest absolute Gasteiger partial charge is 0.147 e. The molecule has 0 amide bonds. The molecule has 0 heterocycles. The summed E-state index contributed by atoms with van der Waals surface area (Å²) in [5.41, 5.74) is 7.14. The van der Waals surface area contributed by atoms with E-state index in [4.69, 9.17) is 0 Å². The van der Waals surface area contributed by atoms with Crippen molar-refractivity contribution in [2.24, 2.45) is 0 Å². The van der Waals surface area contributed by atoms with E-state index in [0.717, 1.165) is 0 Å². The highest BCUT2D eigenvalue weighted by Crippen LogP contribution is 2.63. The first-order valence-corrected chi connectivity index (χ1v) is 21.5. The van der Waals surface area contributed by atoms with Gasteiger partial charge in [-0.15, -0.1) is 12.4 Å². The maximum absolute atomic E-state index is 1.61. The van der Waals surface area contributed by atoms with Crippen LogP contribution in [0.1, 0.15) is 193 Å². The number of rotatable bonds is 6. The summed E-state index contributed by atoms with van der Waals surface area (Å²) in [6.07, 6.45) is 47.2. The van der Waals surface area contributed by atoms with Gasteiger partial charge in [-0.1, -0.05) is 131 Å². The lowest BCUT2D eigenvalue weighted by atomic mass is 9.99. The zero-order valence-electron chi connectivity index (χ0n) is 26.0. The summed E-state index contributed by atoms with van der Waals surface area (Å²) in [7, 11) is 0.770. The Morgan fingerprint density at radius 2 is 0.333 bits per heavy atom. The van der Waals surface area contributed by atoms with E-state index in [9.17, 15) is 0 Å². The molecule has 39 heavy (non-hydrogen) atoms. The van der Waals surface area contributed by atoms with E-state index < -0.39 is 0 Å². The van der Waals surface area contributed by atoms with Gasteiger partial charge in [0.2, 0.25) is 0 Å². The first kappa shape index (κ1) is 33.1. The van der Waals surface area contributed by atoms with Crippen LogP contribution in [0.15, 0.2) is 0 Å². The van der Waals surface area contributed by atoms with E-state index in [2.05, 4.69) is 0 Å². The minimum Gasteiger partial charge on any atom is -0.147 e. The summed E-state index contributed by atoms with van der Waals surface area (Å²) in [5.74, 6) is 0. The molecule has 0 N–H and O–H groups in total. The third-order valence-electron chi connectivity index (χ3n) is 12.0. The summed E-state index contributed by atoms with van der Waals surface area (Å²) in [4.78, 5) is 0. The fourth-order valence-corrected chi connectivity index (χ4v) is 19.4. The second kappa shape index (κ2) is 18.7. The monoisotopic (exact) mass is 596 g/mol. The highest BCUT2D eigenvalue weighted by atomic mass is 35.5. The normalized spacial score (nSPS) is 28.2. The highest BCUT2D eigenvalue weighted by molar-refractivity contribution is 7.60. The molecule has 0 aromatic heterocycles. The van der Waals surface area contributed by atoms with Crippen LogP contribution in [0.5, 0.6) is 0 Å². The van der Waals surface area contributed by atoms with Crippen molar-refractivity contribution >= 4 is 28.3 Å². The summed E-state index contributed by atoms with van der Waals surface area (Å²) in [6.45, 7) is 0. The molecule has 0 aromatic rings. The molecule has 0 unspecified atom stereocenters. The molecule has 6 rings (SSSR count). The fraction of sp³-hybridized carbons (Fsp3) is 1.00. The fourth-order valence-electron chi connectivity index (χ4n) is 10.1. The summed E-state index contributed by atoms with van der Waals surface area (Å²) in [5, 5.41) is 0. The topological polar surface area (TPSA) is 0 Å². The van der Waals surface area contributed by atoms with E-state index in [1.165, 1.54) is 72.5 Å². The van der Waals surface area contributed by atoms with Gasteiger partial charge in [0.25, 0.3) is 0 Å². The number of hydrogen-bond acceptors (Lipinski definition) is 0. The van der Waals surface area contributed by atoms with Crippen molar-refractivity contribution in [1.82, 2.24) is 0 Å². The maximum Gasteiger partial charge on any atom is -0.0204 e. The van der Waals surface area contributed by atoms with Crippen molar-refractivity contribution in [2.45, 2.75) is 227 Å². The molecule has 6 aliphatic rings. The average Bonchev–Trinajstić information content (AvgIpc) is 3.01. The van der Waals surface area contributed by atoms with Gasteiger partial charge in [-0.3, -0.25) is 0 Å². The third-order valence-corrected chi connectivity index (χ3v) is 20.1. The van der Waals surface area contributed by atoms with Crippen LogP contribution in [-0.2, 0) is 0 Å². The van der Waals surface area contributed by atoms with Crippen LogP contribution in [0.2, 0.25) is 0 Å². The van der Waals surface area contributed by atoms with Gasteiger partial charge in [0.05, 0.1) is 0 Å². The van der Waals surface area contributed by atoms with E-state index >= 15 is 0 Å². The van der Waals surface area contributed by atoms with Gasteiger partial charge in [-0.25, -0.2) is 0 Å². The Bertz CT molecular complexity index is 464. The van der Waals surface area contributed by atoms with Crippen molar-refractivity contribution in [3.8, 4) is 0 Å². The lowest BCUT2D eigenvalue weighted by molar-refractivity contribution is 0.460. The van der Waals surface area contributed by atoms with Crippen LogP contribution < -0.4 is 0 Å². The van der Waals surface area contributed by atoms with E-state index in [0.29, 0.717) is 15.8 Å². The van der Waals surface area contributed by atoms with Crippen molar-refractivity contribution in [3.05, 3.63) is 0 Å². The predicted octanol–water partition coefficient (Wildman–Crippen LogP) is 13.4. The Morgan fingerprint density at radius 1 is 0.205 bits per heavy atom. The molecule has 0 aliphatic heterocycles. The SMILES string of the molecule is C1CCC(P(C2CCCCC2)C2CCCCC2)CC1.C1CCC(P(C2CCCCC2)C2CCCCC2)CC1.Cl. The molecular formula is C36H67ClP2. The van der Waals surface area contributed by atoms with Crippen LogP contribution in [0.3, 0.4) is 0 Å². The molecule has 0 nitrogen and oxygen atoms in total. The molecule has 0 spiro atoms. The quantitative estimate of drug-likeness (QED) is 0.267. The second-order valence-electron chi connectivity index (χ2n) is 14.6. The van der Waals surface area contributed by atoms with Crippen LogP contribution in [-0.4, -0.2) is 34.0 Å². The molecule has 6 fully saturated rings. The first-order valence-electron chi connectivity index (χ1n) is 18.4. The zero-order chi connectivity index (χ0) is 25.8. The summed E-state index contributed by atoms with van der Waals surface area (Å²) < 4.78 is 0. The van der Waals surface area contributed by atoms with Crippen molar-refractivity contribution < 1.29 is 0 Å². The molecule has 0 saturated heterocycles. The van der Waals surface area contributed by atoms with Crippen LogP contribution in [0.25, 0.3) is 0 Å². The van der Waals surface area contributed by atoms with Crippen molar-refractivity contribution in [2.75, 3.05) is 0 Å². The van der Waals surface area contributed by atoms with Gasteiger partial charge in [0.15, 0.2) is 0 Å². The Labute approximate surface area is 254 Å².